The smallest absolute Gasteiger partial charge is 0.221 e. The zero-order valence-electron chi connectivity index (χ0n) is 16.1. The van der Waals surface area contributed by atoms with Gasteiger partial charge in [-0.15, -0.1) is 0 Å². The van der Waals surface area contributed by atoms with Crippen LogP contribution in [0, 0.1) is 17.8 Å². The Balaban J connectivity index is 1.37. The van der Waals surface area contributed by atoms with Crippen LogP contribution in [0.15, 0.2) is 54.6 Å². The van der Waals surface area contributed by atoms with E-state index in [-0.39, 0.29) is 5.91 Å². The van der Waals surface area contributed by atoms with Crippen molar-refractivity contribution >= 4 is 11.6 Å². The Morgan fingerprint density at radius 1 is 1.00 bits per heavy atom. The molecule has 1 saturated heterocycles. The lowest BCUT2D eigenvalue weighted by atomic mass is 9.90. The number of carbonyl (C=O) groups is 1. The summed E-state index contributed by atoms with van der Waals surface area (Å²) in [7, 11) is 0. The van der Waals surface area contributed by atoms with Gasteiger partial charge in [-0.05, 0) is 61.5 Å². The normalized spacial score (nSPS) is 15.0. The van der Waals surface area contributed by atoms with E-state index in [0.717, 1.165) is 37.7 Å². The van der Waals surface area contributed by atoms with Crippen LogP contribution in [0.25, 0.3) is 0 Å². The second kappa shape index (κ2) is 9.94. The Bertz CT molecular complexity index is 779. The summed E-state index contributed by atoms with van der Waals surface area (Å²) in [6.45, 7) is 4.68. The molecule has 0 aromatic heterocycles. The lowest BCUT2D eigenvalue weighted by Crippen LogP contribution is -2.34. The maximum absolute atomic E-state index is 11.0. The average molecular weight is 361 g/mol. The van der Waals surface area contributed by atoms with Gasteiger partial charge in [-0.1, -0.05) is 54.3 Å². The van der Waals surface area contributed by atoms with Crippen molar-refractivity contribution in [1.82, 2.24) is 4.90 Å². The molecule has 1 N–H and O–H groups in total. The molecular weight excluding hydrogens is 332 g/mol. The van der Waals surface area contributed by atoms with Crippen molar-refractivity contribution < 1.29 is 4.79 Å². The second-order valence-corrected chi connectivity index (χ2v) is 7.32. The molecule has 0 bridgehead atoms. The number of carbonyl (C=O) groups excluding carboxylic acids is 1. The summed E-state index contributed by atoms with van der Waals surface area (Å²) in [5.41, 5.74) is 3.47. The predicted molar refractivity (Wildman–Crippen MR) is 112 cm³/mol. The number of hydrogen-bond acceptors (Lipinski definition) is 2. The number of hydrogen-bond donors (Lipinski definition) is 1. The zero-order valence-corrected chi connectivity index (χ0v) is 16.1. The monoisotopic (exact) mass is 360 g/mol. The maximum Gasteiger partial charge on any atom is 0.221 e. The standard InChI is InChI=1S/C24H28N2O/c1-20(27)25-24-12-10-21(11-13-24)7-5-6-16-26-17-14-23(15-18-26)19-22-8-3-2-4-9-22/h2-4,8-13,23H,7,14-19H2,1H3,(H,25,27). The molecule has 1 aliphatic rings. The van der Waals surface area contributed by atoms with Crippen LogP contribution in [-0.2, 0) is 17.6 Å². The third kappa shape index (κ3) is 6.58. The third-order valence-corrected chi connectivity index (χ3v) is 5.07. The summed E-state index contributed by atoms with van der Waals surface area (Å²) in [5, 5.41) is 2.78. The van der Waals surface area contributed by atoms with E-state index in [1.54, 1.807) is 0 Å². The molecule has 1 heterocycles. The average Bonchev–Trinajstić information content (AvgIpc) is 2.68. The van der Waals surface area contributed by atoms with Crippen LogP contribution in [0.4, 0.5) is 5.69 Å². The van der Waals surface area contributed by atoms with Crippen LogP contribution < -0.4 is 5.32 Å². The molecule has 1 aliphatic heterocycles. The highest BCUT2D eigenvalue weighted by Crippen LogP contribution is 2.21. The van der Waals surface area contributed by atoms with E-state index in [1.165, 1.54) is 37.3 Å². The lowest BCUT2D eigenvalue weighted by molar-refractivity contribution is -0.114. The molecule has 0 radical (unpaired) electrons. The van der Waals surface area contributed by atoms with Crippen molar-refractivity contribution in [2.75, 3.05) is 25.0 Å². The van der Waals surface area contributed by atoms with Crippen LogP contribution in [0.1, 0.15) is 30.9 Å². The summed E-state index contributed by atoms with van der Waals surface area (Å²) in [5.74, 6) is 7.36. The minimum absolute atomic E-state index is 0.0462. The number of nitrogens with zero attached hydrogens (tertiary/aromatic N) is 1. The summed E-state index contributed by atoms with van der Waals surface area (Å²) < 4.78 is 0. The van der Waals surface area contributed by atoms with Gasteiger partial charge in [0, 0.05) is 19.0 Å². The molecule has 1 amide bonds. The molecule has 0 aliphatic carbocycles. The van der Waals surface area contributed by atoms with Gasteiger partial charge >= 0.3 is 0 Å². The van der Waals surface area contributed by atoms with E-state index >= 15 is 0 Å². The second-order valence-electron chi connectivity index (χ2n) is 7.32. The van der Waals surface area contributed by atoms with Gasteiger partial charge in [0.15, 0.2) is 0 Å². The highest BCUT2D eigenvalue weighted by atomic mass is 16.1. The zero-order chi connectivity index (χ0) is 18.9. The molecule has 3 rings (SSSR count). The molecule has 0 atom stereocenters. The Kier molecular flexibility index (Phi) is 7.07. The largest absolute Gasteiger partial charge is 0.326 e. The van der Waals surface area contributed by atoms with Crippen molar-refractivity contribution in [1.29, 1.82) is 0 Å². The Morgan fingerprint density at radius 3 is 2.37 bits per heavy atom. The van der Waals surface area contributed by atoms with Gasteiger partial charge < -0.3 is 5.32 Å². The molecule has 2 aromatic carbocycles. The Labute approximate surface area is 162 Å². The van der Waals surface area contributed by atoms with Gasteiger partial charge in [0.1, 0.15) is 0 Å². The summed E-state index contributed by atoms with van der Waals surface area (Å²) in [6.07, 6.45) is 4.49. The fourth-order valence-corrected chi connectivity index (χ4v) is 3.54. The number of anilines is 1. The number of likely N-dealkylation sites (tertiary alicyclic amines) is 1. The number of piperidine rings is 1. The first-order valence-corrected chi connectivity index (χ1v) is 9.77. The number of nitrogens with one attached hydrogen (secondary N) is 1. The SMILES string of the molecule is CC(=O)Nc1ccc(CC#CCN2CCC(Cc3ccccc3)CC2)cc1. The van der Waals surface area contributed by atoms with Crippen LogP contribution in [0.2, 0.25) is 0 Å². The van der Waals surface area contributed by atoms with Gasteiger partial charge in [-0.25, -0.2) is 0 Å². The summed E-state index contributed by atoms with van der Waals surface area (Å²) >= 11 is 0. The number of amides is 1. The van der Waals surface area contributed by atoms with Gasteiger partial charge in [0.2, 0.25) is 5.91 Å². The van der Waals surface area contributed by atoms with Gasteiger partial charge in [0.05, 0.1) is 6.54 Å². The molecule has 0 unspecified atom stereocenters. The molecule has 0 spiro atoms. The molecule has 140 valence electrons. The van der Waals surface area contributed by atoms with Gasteiger partial charge in [-0.2, -0.15) is 0 Å². The quantitative estimate of drug-likeness (QED) is 0.813. The molecular formula is C24H28N2O. The minimum Gasteiger partial charge on any atom is -0.326 e. The van der Waals surface area contributed by atoms with E-state index in [1.807, 2.05) is 24.3 Å². The maximum atomic E-state index is 11.0. The Hall–Kier alpha value is -2.57. The van der Waals surface area contributed by atoms with Crippen molar-refractivity contribution in [3.05, 3.63) is 65.7 Å². The Morgan fingerprint density at radius 2 is 1.70 bits per heavy atom. The highest BCUT2D eigenvalue weighted by Gasteiger charge is 2.18. The highest BCUT2D eigenvalue weighted by molar-refractivity contribution is 5.88. The van der Waals surface area contributed by atoms with Gasteiger partial charge in [0.25, 0.3) is 0 Å². The number of rotatable bonds is 5. The fourth-order valence-electron chi connectivity index (χ4n) is 3.54. The number of benzene rings is 2. The topological polar surface area (TPSA) is 32.3 Å². The first-order chi connectivity index (χ1) is 13.2. The first kappa shape index (κ1) is 19.2. The van der Waals surface area contributed by atoms with Crippen molar-refractivity contribution in [2.45, 2.75) is 32.6 Å². The molecule has 3 heteroatoms. The van der Waals surface area contributed by atoms with Crippen molar-refractivity contribution in [3.63, 3.8) is 0 Å². The fraction of sp³-hybridized carbons (Fsp3) is 0.375. The van der Waals surface area contributed by atoms with E-state index in [9.17, 15) is 4.79 Å². The van der Waals surface area contributed by atoms with Crippen LogP contribution in [0.5, 0.6) is 0 Å². The lowest BCUT2D eigenvalue weighted by Gasteiger charge is -2.30. The summed E-state index contributed by atoms with van der Waals surface area (Å²) in [4.78, 5) is 13.5. The predicted octanol–water partition coefficient (Wildman–Crippen LogP) is 4.15. The molecule has 3 nitrogen and oxygen atoms in total. The molecule has 2 aromatic rings. The molecule has 27 heavy (non-hydrogen) atoms. The van der Waals surface area contributed by atoms with Crippen LogP contribution >= 0.6 is 0 Å². The van der Waals surface area contributed by atoms with E-state index in [0.29, 0.717) is 0 Å². The van der Waals surface area contributed by atoms with E-state index < -0.39 is 0 Å². The van der Waals surface area contributed by atoms with E-state index in [4.69, 9.17) is 0 Å². The molecule has 1 fully saturated rings. The molecule has 0 saturated carbocycles. The van der Waals surface area contributed by atoms with Crippen molar-refractivity contribution in [3.8, 4) is 11.8 Å². The van der Waals surface area contributed by atoms with Crippen LogP contribution in [0.3, 0.4) is 0 Å². The summed E-state index contributed by atoms with van der Waals surface area (Å²) in [6, 6.07) is 18.7. The minimum atomic E-state index is -0.0462. The van der Waals surface area contributed by atoms with Crippen molar-refractivity contribution in [2.24, 2.45) is 5.92 Å². The van der Waals surface area contributed by atoms with E-state index in [2.05, 4.69) is 52.4 Å². The first-order valence-electron chi connectivity index (χ1n) is 9.77. The van der Waals surface area contributed by atoms with Crippen LogP contribution in [-0.4, -0.2) is 30.4 Å². The third-order valence-electron chi connectivity index (χ3n) is 5.07. The van der Waals surface area contributed by atoms with Gasteiger partial charge in [-0.3, -0.25) is 9.69 Å².